The number of hydrazine groups is 1. The van der Waals surface area contributed by atoms with Gasteiger partial charge >= 0.3 is 6.03 Å². The van der Waals surface area contributed by atoms with Crippen molar-refractivity contribution in [3.8, 4) is 5.75 Å². The lowest BCUT2D eigenvalue weighted by atomic mass is 10.2. The fourth-order valence-electron chi connectivity index (χ4n) is 1.37. The molecule has 3 N–H and O–H groups in total. The number of ether oxygens (including phenoxy) is 1. The van der Waals surface area contributed by atoms with Crippen molar-refractivity contribution >= 4 is 17.6 Å². The van der Waals surface area contributed by atoms with Crippen molar-refractivity contribution in [3.05, 3.63) is 28.8 Å². The second-order valence-electron chi connectivity index (χ2n) is 3.50. The molecular formula is C11H16ClN3O2. The molecule has 0 heterocycles. The molecule has 0 spiro atoms. The van der Waals surface area contributed by atoms with Crippen LogP contribution in [0.25, 0.3) is 0 Å². The van der Waals surface area contributed by atoms with Crippen molar-refractivity contribution < 1.29 is 9.53 Å². The molecule has 1 aromatic carbocycles. The van der Waals surface area contributed by atoms with Gasteiger partial charge in [0.2, 0.25) is 0 Å². The molecule has 0 bridgehead atoms. The van der Waals surface area contributed by atoms with Gasteiger partial charge in [0.15, 0.2) is 0 Å². The van der Waals surface area contributed by atoms with Crippen molar-refractivity contribution in [2.75, 3.05) is 13.7 Å². The largest absolute Gasteiger partial charge is 0.492 e. The number of amides is 2. The van der Waals surface area contributed by atoms with Gasteiger partial charge in [0, 0.05) is 13.6 Å². The molecule has 0 aliphatic rings. The van der Waals surface area contributed by atoms with E-state index < -0.39 is 0 Å². The van der Waals surface area contributed by atoms with Crippen molar-refractivity contribution in [2.45, 2.75) is 13.5 Å². The highest BCUT2D eigenvalue weighted by atomic mass is 35.5. The molecule has 0 aliphatic carbocycles. The smallest absolute Gasteiger partial charge is 0.331 e. The van der Waals surface area contributed by atoms with Gasteiger partial charge in [0.1, 0.15) is 5.75 Å². The Hall–Kier alpha value is -1.46. The minimum absolute atomic E-state index is 0.352. The maximum Gasteiger partial charge on any atom is 0.331 e. The Kier molecular flexibility index (Phi) is 5.06. The van der Waals surface area contributed by atoms with Crippen LogP contribution < -0.4 is 16.0 Å². The van der Waals surface area contributed by atoms with Crippen LogP contribution in [0.15, 0.2) is 18.2 Å². The molecular weight excluding hydrogens is 242 g/mol. The third-order valence-electron chi connectivity index (χ3n) is 2.19. The second-order valence-corrected chi connectivity index (χ2v) is 3.91. The van der Waals surface area contributed by atoms with Crippen LogP contribution in [0.2, 0.25) is 5.02 Å². The molecule has 0 saturated heterocycles. The van der Waals surface area contributed by atoms with E-state index in [0.717, 1.165) is 5.56 Å². The number of nitrogens with two attached hydrogens (primary N) is 1. The molecule has 0 atom stereocenters. The zero-order valence-electron chi connectivity index (χ0n) is 9.87. The molecule has 0 fully saturated rings. The van der Waals surface area contributed by atoms with Crippen LogP contribution in [0.3, 0.4) is 0 Å². The number of carbonyl (C=O) groups excluding carboxylic acids is 1. The van der Waals surface area contributed by atoms with E-state index in [4.69, 9.17) is 22.2 Å². The van der Waals surface area contributed by atoms with E-state index in [9.17, 15) is 4.79 Å². The molecule has 6 heteroatoms. The van der Waals surface area contributed by atoms with E-state index >= 15 is 0 Å². The van der Waals surface area contributed by atoms with Gasteiger partial charge in [-0.25, -0.2) is 10.6 Å². The van der Waals surface area contributed by atoms with Gasteiger partial charge in [-0.2, -0.15) is 0 Å². The summed E-state index contributed by atoms with van der Waals surface area (Å²) in [6, 6.07) is 5.06. The summed E-state index contributed by atoms with van der Waals surface area (Å²) in [5.74, 6) is 5.68. The van der Waals surface area contributed by atoms with E-state index in [1.165, 1.54) is 4.90 Å². The lowest BCUT2D eigenvalue weighted by Gasteiger charge is -2.16. The van der Waals surface area contributed by atoms with Crippen LogP contribution in [0, 0.1) is 0 Å². The van der Waals surface area contributed by atoms with Gasteiger partial charge in [-0.15, -0.1) is 0 Å². The SMILES string of the molecule is CCOc1ccc(CN(C)C(=O)NN)cc1Cl. The number of nitrogens with one attached hydrogen (secondary N) is 1. The number of hydrogen-bond donors (Lipinski definition) is 2. The third kappa shape index (κ3) is 3.80. The molecule has 5 nitrogen and oxygen atoms in total. The number of nitrogens with zero attached hydrogens (tertiary/aromatic N) is 1. The molecule has 0 aliphatic heterocycles. The minimum atomic E-state index is -0.352. The highest BCUT2D eigenvalue weighted by Gasteiger charge is 2.08. The molecule has 0 aromatic heterocycles. The average Bonchev–Trinajstić information content (AvgIpc) is 2.31. The van der Waals surface area contributed by atoms with Gasteiger partial charge in [0.25, 0.3) is 0 Å². The Morgan fingerprint density at radius 3 is 2.82 bits per heavy atom. The van der Waals surface area contributed by atoms with Crippen molar-refractivity contribution in [3.63, 3.8) is 0 Å². The van der Waals surface area contributed by atoms with Crippen LogP contribution in [-0.2, 0) is 6.54 Å². The maximum atomic E-state index is 11.2. The van der Waals surface area contributed by atoms with Crippen LogP contribution in [-0.4, -0.2) is 24.6 Å². The summed E-state index contributed by atoms with van der Waals surface area (Å²) in [7, 11) is 1.65. The Morgan fingerprint density at radius 1 is 1.59 bits per heavy atom. The van der Waals surface area contributed by atoms with Gasteiger partial charge < -0.3 is 9.64 Å². The van der Waals surface area contributed by atoms with Gasteiger partial charge in [-0.1, -0.05) is 17.7 Å². The lowest BCUT2D eigenvalue weighted by Crippen LogP contribution is -2.40. The first-order valence-corrected chi connectivity index (χ1v) is 5.59. The van der Waals surface area contributed by atoms with Crippen LogP contribution in [0.4, 0.5) is 4.79 Å². The number of rotatable bonds is 4. The fraction of sp³-hybridized carbons (Fsp3) is 0.364. The molecule has 1 aromatic rings. The third-order valence-corrected chi connectivity index (χ3v) is 2.48. The van der Waals surface area contributed by atoms with E-state index in [1.807, 2.05) is 13.0 Å². The average molecular weight is 258 g/mol. The lowest BCUT2D eigenvalue weighted by molar-refractivity contribution is 0.207. The first-order valence-electron chi connectivity index (χ1n) is 5.21. The van der Waals surface area contributed by atoms with Crippen molar-refractivity contribution in [2.24, 2.45) is 5.84 Å². The highest BCUT2D eigenvalue weighted by molar-refractivity contribution is 6.32. The summed E-state index contributed by atoms with van der Waals surface area (Å²) in [4.78, 5) is 12.7. The first kappa shape index (κ1) is 13.6. The molecule has 1 rings (SSSR count). The molecule has 17 heavy (non-hydrogen) atoms. The number of benzene rings is 1. The number of hydrogen-bond acceptors (Lipinski definition) is 3. The van der Waals surface area contributed by atoms with Gasteiger partial charge in [-0.05, 0) is 24.6 Å². The molecule has 2 amide bonds. The predicted octanol–water partition coefficient (Wildman–Crippen LogP) is 1.75. The number of urea groups is 1. The maximum absolute atomic E-state index is 11.2. The first-order chi connectivity index (χ1) is 8.08. The predicted molar refractivity (Wildman–Crippen MR) is 66.8 cm³/mol. The minimum Gasteiger partial charge on any atom is -0.492 e. The van der Waals surface area contributed by atoms with Gasteiger partial charge in [0.05, 0.1) is 11.6 Å². The summed E-state index contributed by atoms with van der Waals surface area (Å²) >= 11 is 6.04. The molecule has 94 valence electrons. The Labute approximate surface area is 105 Å². The normalized spacial score (nSPS) is 9.88. The monoisotopic (exact) mass is 257 g/mol. The van der Waals surface area contributed by atoms with Crippen molar-refractivity contribution in [1.82, 2.24) is 10.3 Å². The summed E-state index contributed by atoms with van der Waals surface area (Å²) < 4.78 is 5.32. The summed E-state index contributed by atoms with van der Waals surface area (Å²) in [6.45, 7) is 2.88. The van der Waals surface area contributed by atoms with E-state index in [0.29, 0.717) is 23.9 Å². The fourth-order valence-corrected chi connectivity index (χ4v) is 1.63. The molecule has 0 unspecified atom stereocenters. The van der Waals surface area contributed by atoms with Crippen LogP contribution >= 0.6 is 11.6 Å². The Morgan fingerprint density at radius 2 is 2.29 bits per heavy atom. The zero-order valence-corrected chi connectivity index (χ0v) is 10.6. The standard InChI is InChI=1S/C11H16ClN3O2/c1-3-17-10-5-4-8(6-9(10)12)7-15(2)11(16)14-13/h4-6H,3,7,13H2,1-2H3,(H,14,16). The summed E-state index contributed by atoms with van der Waals surface area (Å²) in [5.41, 5.74) is 2.97. The zero-order chi connectivity index (χ0) is 12.8. The van der Waals surface area contributed by atoms with E-state index in [2.05, 4.69) is 5.43 Å². The number of carbonyl (C=O) groups is 1. The quantitative estimate of drug-likeness (QED) is 0.491. The van der Waals surface area contributed by atoms with Crippen molar-refractivity contribution in [1.29, 1.82) is 0 Å². The second kappa shape index (κ2) is 6.32. The van der Waals surface area contributed by atoms with Gasteiger partial charge in [-0.3, -0.25) is 5.43 Å². The Balaban J connectivity index is 2.73. The Bertz CT molecular complexity index is 398. The van der Waals surface area contributed by atoms with Crippen LogP contribution in [0.1, 0.15) is 12.5 Å². The summed E-state index contributed by atoms with van der Waals surface area (Å²) in [6.07, 6.45) is 0. The molecule has 0 saturated carbocycles. The highest BCUT2D eigenvalue weighted by Crippen LogP contribution is 2.25. The van der Waals surface area contributed by atoms with E-state index in [-0.39, 0.29) is 6.03 Å². The number of halogens is 1. The topological polar surface area (TPSA) is 67.6 Å². The van der Waals surface area contributed by atoms with E-state index in [1.54, 1.807) is 19.2 Å². The molecule has 0 radical (unpaired) electrons. The van der Waals surface area contributed by atoms with Crippen LogP contribution in [0.5, 0.6) is 5.75 Å². The summed E-state index contributed by atoms with van der Waals surface area (Å²) in [5, 5.41) is 0.533.